The number of nitrogens with zero attached hydrogens (tertiary/aromatic N) is 2. The second kappa shape index (κ2) is 8.03. The van der Waals surface area contributed by atoms with Gasteiger partial charge in [-0.05, 0) is 60.4 Å². The molecular weight excluding hydrogens is 419 g/mol. The Morgan fingerprint density at radius 3 is 2.66 bits per heavy atom. The normalized spacial score (nSPS) is 16.0. The number of hydrogen-bond acceptors (Lipinski definition) is 3. The van der Waals surface area contributed by atoms with Gasteiger partial charge < -0.3 is 14.6 Å². The van der Waals surface area contributed by atoms with Crippen molar-refractivity contribution in [2.75, 3.05) is 11.9 Å². The number of urea groups is 1. The van der Waals surface area contributed by atoms with E-state index in [1.165, 1.54) is 18.2 Å². The fourth-order valence-electron chi connectivity index (χ4n) is 3.97. The minimum atomic E-state index is -1.03. The summed E-state index contributed by atoms with van der Waals surface area (Å²) in [6, 6.07) is 14.1. The van der Waals surface area contributed by atoms with Crippen LogP contribution in [0.25, 0.3) is 22.2 Å². The summed E-state index contributed by atoms with van der Waals surface area (Å²) in [5, 5.41) is 2.60. The van der Waals surface area contributed by atoms with Crippen molar-refractivity contribution in [1.29, 1.82) is 0 Å². The highest BCUT2D eigenvalue weighted by Gasteiger charge is 2.33. The van der Waals surface area contributed by atoms with E-state index in [0.29, 0.717) is 30.0 Å². The van der Waals surface area contributed by atoms with E-state index >= 15 is 0 Å². The Balaban J connectivity index is 1.39. The van der Waals surface area contributed by atoms with Crippen molar-refractivity contribution in [3.63, 3.8) is 0 Å². The van der Waals surface area contributed by atoms with Crippen LogP contribution < -0.4 is 5.32 Å². The number of amides is 2. The lowest BCUT2D eigenvalue weighted by atomic mass is 10.1. The Labute approximate surface area is 181 Å². The number of rotatable bonds is 3. The Morgan fingerprint density at radius 1 is 1.00 bits per heavy atom. The maximum absolute atomic E-state index is 13.6. The molecule has 1 fully saturated rings. The molecule has 0 aliphatic carbocycles. The highest BCUT2D eigenvalue weighted by molar-refractivity contribution is 5.90. The van der Waals surface area contributed by atoms with Gasteiger partial charge in [0.15, 0.2) is 17.2 Å². The zero-order valence-corrected chi connectivity index (χ0v) is 16.8. The molecule has 5 nitrogen and oxygen atoms in total. The number of halogens is 3. The van der Waals surface area contributed by atoms with Crippen molar-refractivity contribution in [2.24, 2.45) is 0 Å². The average Bonchev–Trinajstić information content (AvgIpc) is 3.42. The molecule has 1 aromatic heterocycles. The summed E-state index contributed by atoms with van der Waals surface area (Å²) in [7, 11) is 0. The molecule has 1 aliphatic heterocycles. The molecule has 0 spiro atoms. The van der Waals surface area contributed by atoms with E-state index in [2.05, 4.69) is 10.3 Å². The van der Waals surface area contributed by atoms with Gasteiger partial charge in [0.05, 0.1) is 0 Å². The fraction of sp³-hybridized carbons (Fsp3) is 0.167. The van der Waals surface area contributed by atoms with Crippen LogP contribution in [0.15, 0.2) is 65.1 Å². The van der Waals surface area contributed by atoms with Gasteiger partial charge in [-0.2, -0.15) is 0 Å². The number of anilines is 1. The number of carbonyl (C=O) groups excluding carboxylic acids is 1. The van der Waals surface area contributed by atoms with Crippen molar-refractivity contribution in [3.05, 3.63) is 84.0 Å². The molecule has 162 valence electrons. The third kappa shape index (κ3) is 3.79. The van der Waals surface area contributed by atoms with E-state index in [9.17, 15) is 18.0 Å². The zero-order valence-electron chi connectivity index (χ0n) is 16.8. The van der Waals surface area contributed by atoms with Gasteiger partial charge in [-0.3, -0.25) is 0 Å². The van der Waals surface area contributed by atoms with Gasteiger partial charge in [0, 0.05) is 18.3 Å². The van der Waals surface area contributed by atoms with E-state index < -0.39 is 17.7 Å². The lowest BCUT2D eigenvalue weighted by Gasteiger charge is -2.22. The first kappa shape index (κ1) is 20.1. The Morgan fingerprint density at radius 2 is 1.84 bits per heavy atom. The van der Waals surface area contributed by atoms with Gasteiger partial charge >= 0.3 is 6.03 Å². The topological polar surface area (TPSA) is 58.4 Å². The summed E-state index contributed by atoms with van der Waals surface area (Å²) >= 11 is 0. The van der Waals surface area contributed by atoms with Crippen LogP contribution in [0.2, 0.25) is 0 Å². The molecule has 0 unspecified atom stereocenters. The number of likely N-dealkylation sites (tertiary alicyclic amines) is 1. The van der Waals surface area contributed by atoms with E-state index in [4.69, 9.17) is 4.42 Å². The summed E-state index contributed by atoms with van der Waals surface area (Å²) in [5.41, 5.74) is 2.86. The summed E-state index contributed by atoms with van der Waals surface area (Å²) < 4.78 is 46.1. The van der Waals surface area contributed by atoms with E-state index in [-0.39, 0.29) is 17.5 Å². The first-order chi connectivity index (χ1) is 15.5. The molecule has 2 heterocycles. The summed E-state index contributed by atoms with van der Waals surface area (Å²) in [6.07, 6.45) is 1.41. The summed E-state index contributed by atoms with van der Waals surface area (Å²) in [4.78, 5) is 18.9. The standard InChI is InChI=1S/C24H18F3N3O2/c25-16-4-1-3-14(11-16)15-6-9-22-20(12-15)29-23(32-22)21-5-2-10-30(21)24(31)28-17-7-8-18(26)19(27)13-17/h1,3-4,6-9,11-13,21H,2,5,10H2,(H,28,31)/t21-/m1/s1. The van der Waals surface area contributed by atoms with Gasteiger partial charge in [0.1, 0.15) is 17.4 Å². The predicted molar refractivity (Wildman–Crippen MR) is 113 cm³/mol. The van der Waals surface area contributed by atoms with Crippen molar-refractivity contribution < 1.29 is 22.4 Å². The third-order valence-electron chi connectivity index (χ3n) is 5.53. The molecule has 4 aromatic rings. The van der Waals surface area contributed by atoms with Gasteiger partial charge in [-0.15, -0.1) is 0 Å². The Hall–Kier alpha value is -3.81. The quantitative estimate of drug-likeness (QED) is 0.410. The minimum Gasteiger partial charge on any atom is -0.438 e. The van der Waals surface area contributed by atoms with Crippen molar-refractivity contribution in [3.8, 4) is 11.1 Å². The average molecular weight is 437 g/mol. The van der Waals surface area contributed by atoms with Crippen LogP contribution >= 0.6 is 0 Å². The van der Waals surface area contributed by atoms with Gasteiger partial charge in [-0.25, -0.2) is 22.9 Å². The third-order valence-corrected chi connectivity index (χ3v) is 5.53. The number of oxazole rings is 1. The Bertz CT molecular complexity index is 1320. The summed E-state index contributed by atoms with van der Waals surface area (Å²) in [5.74, 6) is -1.94. The van der Waals surface area contributed by atoms with E-state index in [1.54, 1.807) is 17.0 Å². The molecule has 1 N–H and O–H groups in total. The van der Waals surface area contributed by atoms with Gasteiger partial charge in [0.2, 0.25) is 5.89 Å². The molecule has 32 heavy (non-hydrogen) atoms. The van der Waals surface area contributed by atoms with Crippen LogP contribution in [-0.2, 0) is 0 Å². The van der Waals surface area contributed by atoms with Crippen LogP contribution in [0.4, 0.5) is 23.7 Å². The number of benzene rings is 3. The molecule has 2 amide bonds. The van der Waals surface area contributed by atoms with Crippen molar-refractivity contribution >= 4 is 22.8 Å². The van der Waals surface area contributed by atoms with Crippen molar-refractivity contribution in [2.45, 2.75) is 18.9 Å². The number of hydrogen-bond donors (Lipinski definition) is 1. The molecule has 0 radical (unpaired) electrons. The second-order valence-corrected chi connectivity index (χ2v) is 7.66. The highest BCUT2D eigenvalue weighted by Crippen LogP contribution is 2.35. The first-order valence-electron chi connectivity index (χ1n) is 10.2. The number of fused-ring (bicyclic) bond motifs is 1. The van der Waals surface area contributed by atoms with Crippen LogP contribution in [0, 0.1) is 17.5 Å². The van der Waals surface area contributed by atoms with Gasteiger partial charge in [0.25, 0.3) is 0 Å². The molecule has 1 aliphatic rings. The predicted octanol–water partition coefficient (Wildman–Crippen LogP) is 6.28. The molecule has 5 rings (SSSR count). The maximum Gasteiger partial charge on any atom is 0.322 e. The number of nitrogens with one attached hydrogen (secondary N) is 1. The summed E-state index contributed by atoms with van der Waals surface area (Å²) in [6.45, 7) is 0.480. The van der Waals surface area contributed by atoms with Crippen LogP contribution in [0.3, 0.4) is 0 Å². The number of aromatic nitrogens is 1. The minimum absolute atomic E-state index is 0.164. The molecule has 0 saturated carbocycles. The Kier molecular flexibility index (Phi) is 5.05. The van der Waals surface area contributed by atoms with Gasteiger partial charge in [-0.1, -0.05) is 18.2 Å². The molecule has 0 bridgehead atoms. The largest absolute Gasteiger partial charge is 0.438 e. The van der Waals surface area contributed by atoms with Crippen molar-refractivity contribution in [1.82, 2.24) is 9.88 Å². The lowest BCUT2D eigenvalue weighted by Crippen LogP contribution is -2.34. The van der Waals surface area contributed by atoms with Crippen LogP contribution in [-0.4, -0.2) is 22.5 Å². The molecule has 3 aromatic carbocycles. The SMILES string of the molecule is O=C(Nc1ccc(F)c(F)c1)N1CCC[C@@H]1c1nc2cc(-c3cccc(F)c3)ccc2o1. The highest BCUT2D eigenvalue weighted by atomic mass is 19.2. The monoisotopic (exact) mass is 437 g/mol. The molecule has 1 atom stereocenters. The second-order valence-electron chi connectivity index (χ2n) is 7.66. The van der Waals surface area contributed by atoms with E-state index in [0.717, 1.165) is 29.7 Å². The molecule has 1 saturated heterocycles. The lowest BCUT2D eigenvalue weighted by molar-refractivity contribution is 0.199. The van der Waals surface area contributed by atoms with Crippen LogP contribution in [0.5, 0.6) is 0 Å². The zero-order chi connectivity index (χ0) is 22.2. The van der Waals surface area contributed by atoms with Crippen LogP contribution in [0.1, 0.15) is 24.8 Å². The number of carbonyl (C=O) groups is 1. The maximum atomic E-state index is 13.6. The molecular formula is C24H18F3N3O2. The smallest absolute Gasteiger partial charge is 0.322 e. The fourth-order valence-corrected chi connectivity index (χ4v) is 3.97. The molecule has 8 heteroatoms. The van der Waals surface area contributed by atoms with E-state index in [1.807, 2.05) is 18.2 Å². The first-order valence-corrected chi connectivity index (χ1v) is 10.2.